The molecule has 0 radical (unpaired) electrons. The Labute approximate surface area is 194 Å². The van der Waals surface area contributed by atoms with Crippen LogP contribution < -0.4 is 10.6 Å². The fraction of sp³-hybridized carbons (Fsp3) is 0.667. The van der Waals surface area contributed by atoms with Gasteiger partial charge < -0.3 is 15.5 Å². The standard InChI is InChI=1S/C24H31Cl2N3O2/c25-19-1-2-21(20(26)11-19)27-23(31)29-5-3-15(4-6-29)10-22(30)28-24-12-16-7-17(13-24)9-18(8-16)14-24/h1-2,11,15-18H,3-10,12-14H2,(H,27,31)(H,28,30). The molecule has 2 N–H and O–H groups in total. The van der Waals surface area contributed by atoms with Crippen LogP contribution in [0, 0.1) is 23.7 Å². The molecule has 4 aliphatic carbocycles. The van der Waals surface area contributed by atoms with Crippen molar-refractivity contribution in [1.29, 1.82) is 0 Å². The summed E-state index contributed by atoms with van der Waals surface area (Å²) in [6.07, 6.45) is 10.0. The number of benzene rings is 1. The predicted octanol–water partition coefficient (Wildman–Crippen LogP) is 5.71. The molecule has 1 aromatic carbocycles. The first-order chi connectivity index (χ1) is 14.9. The lowest BCUT2D eigenvalue weighted by Gasteiger charge is -2.57. The highest BCUT2D eigenvalue weighted by Crippen LogP contribution is 2.55. The van der Waals surface area contributed by atoms with Gasteiger partial charge in [-0.25, -0.2) is 4.79 Å². The molecule has 7 heteroatoms. The van der Waals surface area contributed by atoms with E-state index in [4.69, 9.17) is 23.2 Å². The molecule has 4 saturated carbocycles. The van der Waals surface area contributed by atoms with E-state index in [-0.39, 0.29) is 17.5 Å². The van der Waals surface area contributed by atoms with Gasteiger partial charge in [-0.1, -0.05) is 23.2 Å². The van der Waals surface area contributed by atoms with Crippen molar-refractivity contribution in [2.75, 3.05) is 18.4 Å². The van der Waals surface area contributed by atoms with Crippen LogP contribution in [0.1, 0.15) is 57.8 Å². The molecule has 1 heterocycles. The van der Waals surface area contributed by atoms with Gasteiger partial charge >= 0.3 is 6.03 Å². The first-order valence-electron chi connectivity index (χ1n) is 11.7. The number of likely N-dealkylation sites (tertiary alicyclic amines) is 1. The SMILES string of the molecule is O=C(CC1CCN(C(=O)Nc2ccc(Cl)cc2Cl)CC1)NC12CC3CC(CC(C3)C1)C2. The number of hydrogen-bond acceptors (Lipinski definition) is 2. The number of hydrogen-bond donors (Lipinski definition) is 2. The molecular weight excluding hydrogens is 433 g/mol. The summed E-state index contributed by atoms with van der Waals surface area (Å²) < 4.78 is 0. The maximum absolute atomic E-state index is 12.9. The Bertz CT molecular complexity index is 831. The molecule has 0 atom stereocenters. The van der Waals surface area contributed by atoms with Gasteiger partial charge in [0.2, 0.25) is 5.91 Å². The Morgan fingerprint density at radius 3 is 2.19 bits per heavy atom. The van der Waals surface area contributed by atoms with E-state index < -0.39 is 0 Å². The molecule has 5 aliphatic rings. The second-order valence-electron chi connectivity index (χ2n) is 10.4. The van der Waals surface area contributed by atoms with Crippen LogP contribution in [0.3, 0.4) is 0 Å². The summed E-state index contributed by atoms with van der Waals surface area (Å²) in [5.74, 6) is 3.07. The van der Waals surface area contributed by atoms with Crippen molar-refractivity contribution in [2.45, 2.75) is 63.3 Å². The fourth-order valence-corrected chi connectivity index (χ4v) is 7.45. The minimum absolute atomic E-state index is 0.0876. The summed E-state index contributed by atoms with van der Waals surface area (Å²) in [6, 6.07) is 4.88. The minimum Gasteiger partial charge on any atom is -0.351 e. The lowest BCUT2D eigenvalue weighted by atomic mass is 9.53. The number of nitrogens with zero attached hydrogens (tertiary/aromatic N) is 1. The molecule has 168 valence electrons. The van der Waals surface area contributed by atoms with Gasteiger partial charge in [0.25, 0.3) is 0 Å². The van der Waals surface area contributed by atoms with Crippen molar-refractivity contribution in [2.24, 2.45) is 23.7 Å². The molecule has 0 aromatic heterocycles. The van der Waals surface area contributed by atoms with Gasteiger partial charge in [0.1, 0.15) is 0 Å². The highest BCUT2D eigenvalue weighted by Gasteiger charge is 2.51. The van der Waals surface area contributed by atoms with Crippen LogP contribution in [0.15, 0.2) is 18.2 Å². The number of urea groups is 1. The largest absolute Gasteiger partial charge is 0.351 e. The second kappa shape index (κ2) is 8.47. The fourth-order valence-electron chi connectivity index (χ4n) is 7.00. The number of rotatable bonds is 4. The highest BCUT2D eigenvalue weighted by molar-refractivity contribution is 6.36. The van der Waals surface area contributed by atoms with E-state index in [0.29, 0.717) is 41.2 Å². The Kier molecular flexibility index (Phi) is 5.85. The molecule has 4 bridgehead atoms. The third kappa shape index (κ3) is 4.68. The summed E-state index contributed by atoms with van der Waals surface area (Å²) in [6.45, 7) is 1.32. The molecular formula is C24H31Cl2N3O2. The van der Waals surface area contributed by atoms with E-state index in [0.717, 1.165) is 30.6 Å². The van der Waals surface area contributed by atoms with Crippen molar-refractivity contribution in [3.05, 3.63) is 28.2 Å². The predicted molar refractivity (Wildman–Crippen MR) is 123 cm³/mol. The molecule has 1 aliphatic heterocycles. The quantitative estimate of drug-likeness (QED) is 0.600. The third-order valence-corrected chi connectivity index (χ3v) is 8.54. The molecule has 1 saturated heterocycles. The number of amides is 3. The van der Waals surface area contributed by atoms with Gasteiger partial charge in [0.15, 0.2) is 0 Å². The Balaban J connectivity index is 1.09. The van der Waals surface area contributed by atoms with Crippen LogP contribution >= 0.6 is 23.2 Å². The highest BCUT2D eigenvalue weighted by atomic mass is 35.5. The maximum Gasteiger partial charge on any atom is 0.321 e. The first kappa shape index (κ1) is 21.4. The van der Waals surface area contributed by atoms with Gasteiger partial charge in [-0.15, -0.1) is 0 Å². The van der Waals surface area contributed by atoms with Gasteiger partial charge in [0.05, 0.1) is 10.7 Å². The van der Waals surface area contributed by atoms with Gasteiger partial charge in [0, 0.05) is 30.1 Å². The maximum atomic E-state index is 12.9. The number of piperidine rings is 1. The summed E-state index contributed by atoms with van der Waals surface area (Å²) in [7, 11) is 0. The van der Waals surface area contributed by atoms with Gasteiger partial charge in [-0.05, 0) is 93.2 Å². The molecule has 0 spiro atoms. The van der Waals surface area contributed by atoms with Crippen molar-refractivity contribution in [3.8, 4) is 0 Å². The molecule has 6 rings (SSSR count). The summed E-state index contributed by atoms with van der Waals surface area (Å²) in [4.78, 5) is 27.3. The normalized spacial score (nSPS) is 32.2. The van der Waals surface area contributed by atoms with Crippen molar-refractivity contribution in [1.82, 2.24) is 10.2 Å². The zero-order chi connectivity index (χ0) is 21.6. The number of carbonyl (C=O) groups is 2. The Hall–Kier alpha value is -1.46. The topological polar surface area (TPSA) is 61.4 Å². The van der Waals surface area contributed by atoms with Crippen LogP contribution in [0.2, 0.25) is 10.0 Å². The Morgan fingerprint density at radius 1 is 1.00 bits per heavy atom. The summed E-state index contributed by atoms with van der Waals surface area (Å²) in [5.41, 5.74) is 0.651. The van der Waals surface area contributed by atoms with E-state index in [1.54, 1.807) is 23.1 Å². The molecule has 5 fully saturated rings. The Morgan fingerprint density at radius 2 is 1.61 bits per heavy atom. The van der Waals surface area contributed by atoms with E-state index in [1.807, 2.05) is 0 Å². The van der Waals surface area contributed by atoms with Crippen molar-refractivity contribution in [3.63, 3.8) is 0 Å². The third-order valence-electron chi connectivity index (χ3n) is 7.99. The summed E-state index contributed by atoms with van der Waals surface area (Å²) in [5, 5.41) is 7.32. The number of carbonyl (C=O) groups excluding carboxylic acids is 2. The van der Waals surface area contributed by atoms with Crippen LogP contribution in [-0.2, 0) is 4.79 Å². The van der Waals surface area contributed by atoms with E-state index in [9.17, 15) is 9.59 Å². The second-order valence-corrected chi connectivity index (χ2v) is 11.3. The lowest BCUT2D eigenvalue weighted by molar-refractivity contribution is -0.128. The zero-order valence-corrected chi connectivity index (χ0v) is 19.4. The van der Waals surface area contributed by atoms with E-state index in [2.05, 4.69) is 10.6 Å². The number of anilines is 1. The number of nitrogens with one attached hydrogen (secondary N) is 2. The first-order valence-corrected chi connectivity index (χ1v) is 12.4. The monoisotopic (exact) mass is 463 g/mol. The molecule has 1 aromatic rings. The molecule has 0 unspecified atom stereocenters. The lowest BCUT2D eigenvalue weighted by Crippen LogP contribution is -2.60. The average molecular weight is 464 g/mol. The van der Waals surface area contributed by atoms with Crippen molar-refractivity contribution < 1.29 is 9.59 Å². The van der Waals surface area contributed by atoms with Crippen LogP contribution in [-0.4, -0.2) is 35.5 Å². The molecule has 5 nitrogen and oxygen atoms in total. The molecule has 31 heavy (non-hydrogen) atoms. The smallest absolute Gasteiger partial charge is 0.321 e. The zero-order valence-electron chi connectivity index (χ0n) is 17.8. The summed E-state index contributed by atoms with van der Waals surface area (Å²) >= 11 is 12.1. The van der Waals surface area contributed by atoms with Crippen LogP contribution in [0.5, 0.6) is 0 Å². The van der Waals surface area contributed by atoms with Crippen LogP contribution in [0.4, 0.5) is 10.5 Å². The minimum atomic E-state index is -0.152. The van der Waals surface area contributed by atoms with Crippen LogP contribution in [0.25, 0.3) is 0 Å². The van der Waals surface area contributed by atoms with Crippen molar-refractivity contribution >= 4 is 40.8 Å². The van der Waals surface area contributed by atoms with Gasteiger partial charge in [-0.3, -0.25) is 4.79 Å². The van der Waals surface area contributed by atoms with E-state index in [1.165, 1.54) is 38.5 Å². The number of halogens is 2. The molecule has 3 amide bonds. The van der Waals surface area contributed by atoms with Gasteiger partial charge in [-0.2, -0.15) is 0 Å². The average Bonchev–Trinajstić information content (AvgIpc) is 2.69. The van der Waals surface area contributed by atoms with E-state index >= 15 is 0 Å².